The minimum absolute atomic E-state index is 0.504. The number of nitrogens with zero attached hydrogens (tertiary/aromatic N) is 4. The zero-order valence-electron chi connectivity index (χ0n) is 14.4. The van der Waals surface area contributed by atoms with Crippen LogP contribution in [-0.2, 0) is 13.0 Å². The van der Waals surface area contributed by atoms with E-state index in [1.165, 1.54) is 11.1 Å². The van der Waals surface area contributed by atoms with Gasteiger partial charge in [-0.25, -0.2) is 0 Å². The number of para-hydroxylation sites is 1. The number of nitrogens with one attached hydrogen (secondary N) is 1. The third-order valence-corrected chi connectivity index (χ3v) is 4.86. The molecule has 5 rings (SSSR count). The molecule has 0 saturated heterocycles. The predicted octanol–water partition coefficient (Wildman–Crippen LogP) is 3.30. The van der Waals surface area contributed by atoms with Crippen LogP contribution < -0.4 is 5.32 Å². The summed E-state index contributed by atoms with van der Waals surface area (Å²) in [4.78, 5) is 13.6. The monoisotopic (exact) mass is 343 g/mol. The molecule has 0 spiro atoms. The van der Waals surface area contributed by atoms with Crippen molar-refractivity contribution in [2.24, 2.45) is 0 Å². The maximum Gasteiger partial charge on any atom is 0.258 e. The van der Waals surface area contributed by atoms with Crippen LogP contribution in [-0.4, -0.2) is 26.7 Å². The largest absolute Gasteiger partial charge is 0.334 e. The lowest BCUT2D eigenvalue weighted by Crippen LogP contribution is -2.24. The van der Waals surface area contributed by atoms with E-state index >= 15 is 0 Å². The first-order chi connectivity index (χ1) is 12.8. The Balaban J connectivity index is 1.66. The molecule has 1 aliphatic heterocycles. The summed E-state index contributed by atoms with van der Waals surface area (Å²) in [5.74, 6) is 1.11. The van der Waals surface area contributed by atoms with E-state index in [-0.39, 0.29) is 0 Å². The topological polar surface area (TPSA) is 76.7 Å². The highest BCUT2D eigenvalue weighted by Crippen LogP contribution is 2.32. The van der Waals surface area contributed by atoms with Crippen molar-refractivity contribution in [3.8, 4) is 22.8 Å². The second kappa shape index (κ2) is 6.00. The van der Waals surface area contributed by atoms with Gasteiger partial charge < -0.3 is 9.84 Å². The highest BCUT2D eigenvalue weighted by molar-refractivity contribution is 5.92. The zero-order valence-corrected chi connectivity index (χ0v) is 14.4. The molecule has 0 radical (unpaired) electrons. The van der Waals surface area contributed by atoms with E-state index in [4.69, 9.17) is 9.51 Å². The quantitative estimate of drug-likeness (QED) is 0.602. The predicted molar refractivity (Wildman–Crippen MR) is 98.4 cm³/mol. The van der Waals surface area contributed by atoms with Crippen LogP contribution in [0.1, 0.15) is 16.8 Å². The van der Waals surface area contributed by atoms with Crippen LogP contribution in [0.2, 0.25) is 0 Å². The summed E-state index contributed by atoms with van der Waals surface area (Å²) in [6, 6.07) is 9.86. The minimum atomic E-state index is 0.504. The molecular formula is C20H17N5O. The molecule has 1 N–H and O–H groups in total. The Morgan fingerprint density at radius 2 is 2.04 bits per heavy atom. The lowest BCUT2D eigenvalue weighted by atomic mass is 9.95. The fraction of sp³-hybridized carbons (Fsp3) is 0.200. The van der Waals surface area contributed by atoms with E-state index in [9.17, 15) is 0 Å². The van der Waals surface area contributed by atoms with Gasteiger partial charge in [0.25, 0.3) is 5.89 Å². The van der Waals surface area contributed by atoms with Gasteiger partial charge in [-0.05, 0) is 43.1 Å². The molecule has 6 nitrogen and oxygen atoms in total. The SMILES string of the molecule is Cc1ncc2c(c1-c1noc(-c3ccnc4ccccc34)n1)CCNC2. The highest BCUT2D eigenvalue weighted by atomic mass is 16.5. The summed E-state index contributed by atoms with van der Waals surface area (Å²) in [6.45, 7) is 3.77. The Hall–Kier alpha value is -3.12. The first-order valence-corrected chi connectivity index (χ1v) is 8.67. The molecule has 26 heavy (non-hydrogen) atoms. The third-order valence-electron chi connectivity index (χ3n) is 4.86. The number of fused-ring (bicyclic) bond motifs is 2. The Morgan fingerprint density at radius 3 is 3.00 bits per heavy atom. The molecule has 0 atom stereocenters. The van der Waals surface area contributed by atoms with Gasteiger partial charge in [-0.2, -0.15) is 4.98 Å². The van der Waals surface area contributed by atoms with Crippen molar-refractivity contribution in [2.45, 2.75) is 19.9 Å². The van der Waals surface area contributed by atoms with Gasteiger partial charge in [0.1, 0.15) is 0 Å². The fourth-order valence-electron chi connectivity index (χ4n) is 3.58. The molecule has 0 amide bonds. The Bertz CT molecular complexity index is 1110. The highest BCUT2D eigenvalue weighted by Gasteiger charge is 2.21. The molecule has 0 bridgehead atoms. The van der Waals surface area contributed by atoms with Crippen LogP contribution in [0.15, 0.2) is 47.2 Å². The second-order valence-corrected chi connectivity index (χ2v) is 6.45. The van der Waals surface area contributed by atoms with Gasteiger partial charge in [-0.15, -0.1) is 0 Å². The van der Waals surface area contributed by atoms with Crippen LogP contribution in [0.5, 0.6) is 0 Å². The number of hydrogen-bond acceptors (Lipinski definition) is 6. The van der Waals surface area contributed by atoms with E-state index in [0.717, 1.165) is 47.2 Å². The van der Waals surface area contributed by atoms with Gasteiger partial charge in [0.05, 0.1) is 11.1 Å². The lowest BCUT2D eigenvalue weighted by molar-refractivity contribution is 0.432. The number of aryl methyl sites for hydroxylation is 1. The molecule has 6 heteroatoms. The molecule has 0 saturated carbocycles. The molecule has 0 fully saturated rings. The van der Waals surface area contributed by atoms with Gasteiger partial charge in [-0.3, -0.25) is 9.97 Å². The van der Waals surface area contributed by atoms with Crippen molar-refractivity contribution in [1.29, 1.82) is 0 Å². The number of rotatable bonds is 2. The molecule has 3 aromatic heterocycles. The Morgan fingerprint density at radius 1 is 1.12 bits per heavy atom. The van der Waals surface area contributed by atoms with E-state index < -0.39 is 0 Å². The first kappa shape index (κ1) is 15.2. The van der Waals surface area contributed by atoms with E-state index in [0.29, 0.717) is 11.7 Å². The summed E-state index contributed by atoms with van der Waals surface area (Å²) < 4.78 is 5.63. The molecule has 1 aliphatic rings. The summed E-state index contributed by atoms with van der Waals surface area (Å²) in [6.07, 6.45) is 4.65. The molecule has 128 valence electrons. The van der Waals surface area contributed by atoms with Crippen molar-refractivity contribution >= 4 is 10.9 Å². The summed E-state index contributed by atoms with van der Waals surface area (Å²) >= 11 is 0. The molecule has 4 aromatic rings. The third kappa shape index (κ3) is 2.38. The standard InChI is InChI=1S/C20H17N5O/c1-12-18(14-6-8-21-10-13(14)11-23-12)19-24-20(26-25-19)16-7-9-22-17-5-3-2-4-15(16)17/h2-5,7,9,11,21H,6,8,10H2,1H3. The molecule has 4 heterocycles. The minimum Gasteiger partial charge on any atom is -0.334 e. The first-order valence-electron chi connectivity index (χ1n) is 8.67. The average molecular weight is 343 g/mol. The summed E-state index contributed by atoms with van der Waals surface area (Å²) in [5, 5.41) is 8.65. The van der Waals surface area contributed by atoms with Crippen LogP contribution in [0.3, 0.4) is 0 Å². The number of aromatic nitrogens is 4. The average Bonchev–Trinajstić information content (AvgIpc) is 3.17. The number of pyridine rings is 2. The Labute approximate surface area is 150 Å². The molecule has 0 aliphatic carbocycles. The lowest BCUT2D eigenvalue weighted by Gasteiger charge is -2.19. The van der Waals surface area contributed by atoms with Crippen molar-refractivity contribution in [2.75, 3.05) is 6.54 Å². The van der Waals surface area contributed by atoms with Crippen LogP contribution in [0.25, 0.3) is 33.7 Å². The molecule has 1 aromatic carbocycles. The van der Waals surface area contributed by atoms with Crippen molar-refractivity contribution in [3.63, 3.8) is 0 Å². The van der Waals surface area contributed by atoms with E-state index in [1.54, 1.807) is 6.20 Å². The van der Waals surface area contributed by atoms with Crippen LogP contribution in [0, 0.1) is 6.92 Å². The van der Waals surface area contributed by atoms with E-state index in [1.807, 2.05) is 43.5 Å². The summed E-state index contributed by atoms with van der Waals surface area (Å²) in [7, 11) is 0. The molecule has 0 unspecified atom stereocenters. The van der Waals surface area contributed by atoms with Crippen molar-refractivity contribution in [1.82, 2.24) is 25.4 Å². The molecular weight excluding hydrogens is 326 g/mol. The second-order valence-electron chi connectivity index (χ2n) is 6.45. The number of hydrogen-bond donors (Lipinski definition) is 1. The number of benzene rings is 1. The maximum atomic E-state index is 5.63. The smallest absolute Gasteiger partial charge is 0.258 e. The zero-order chi connectivity index (χ0) is 17.5. The normalized spacial score (nSPS) is 13.7. The van der Waals surface area contributed by atoms with Gasteiger partial charge in [0, 0.05) is 35.6 Å². The Kier molecular flexibility index (Phi) is 3.50. The van der Waals surface area contributed by atoms with E-state index in [2.05, 4.69) is 20.4 Å². The fourth-order valence-corrected chi connectivity index (χ4v) is 3.58. The summed E-state index contributed by atoms with van der Waals surface area (Å²) in [5.41, 5.74) is 6.20. The van der Waals surface area contributed by atoms with Crippen LogP contribution >= 0.6 is 0 Å². The van der Waals surface area contributed by atoms with Gasteiger partial charge in [0.2, 0.25) is 5.82 Å². The van der Waals surface area contributed by atoms with Gasteiger partial charge >= 0.3 is 0 Å². The van der Waals surface area contributed by atoms with Gasteiger partial charge in [0.15, 0.2) is 0 Å². The van der Waals surface area contributed by atoms with Crippen LogP contribution in [0.4, 0.5) is 0 Å². The van der Waals surface area contributed by atoms with Gasteiger partial charge in [-0.1, -0.05) is 23.4 Å². The van der Waals surface area contributed by atoms with Crippen molar-refractivity contribution < 1.29 is 4.52 Å². The van der Waals surface area contributed by atoms with Crippen molar-refractivity contribution in [3.05, 3.63) is 59.5 Å². The maximum absolute atomic E-state index is 5.63.